The van der Waals surface area contributed by atoms with Crippen molar-refractivity contribution < 1.29 is 17.9 Å². The fraction of sp³-hybridized carbons (Fsp3) is 0.400. The summed E-state index contributed by atoms with van der Waals surface area (Å²) in [6.07, 6.45) is -4.34. The van der Waals surface area contributed by atoms with Crippen LogP contribution in [0.4, 0.5) is 13.2 Å². The number of rotatable bonds is 2. The largest absolute Gasteiger partial charge is 0.416 e. The van der Waals surface area contributed by atoms with Gasteiger partial charge < -0.3 is 4.74 Å². The minimum atomic E-state index is -4.34. The first-order valence-electron chi connectivity index (χ1n) is 8.46. The quantitative estimate of drug-likeness (QED) is 0.788. The van der Waals surface area contributed by atoms with Crippen molar-refractivity contribution in [2.45, 2.75) is 37.8 Å². The number of hydrogen-bond acceptors (Lipinski definition) is 2. The monoisotopic (exact) mass is 347 g/mol. The topological polar surface area (TPSA) is 12.5 Å². The Morgan fingerprint density at radius 2 is 1.88 bits per heavy atom. The lowest BCUT2D eigenvalue weighted by Crippen LogP contribution is -2.40. The van der Waals surface area contributed by atoms with Crippen LogP contribution < -0.4 is 0 Å². The Labute approximate surface area is 145 Å². The molecule has 2 aliphatic rings. The van der Waals surface area contributed by atoms with Gasteiger partial charge in [0, 0.05) is 25.6 Å². The number of likely N-dealkylation sites (tertiary alicyclic amines) is 1. The predicted molar refractivity (Wildman–Crippen MR) is 89.1 cm³/mol. The molecule has 25 heavy (non-hydrogen) atoms. The first kappa shape index (κ1) is 16.6. The average Bonchev–Trinajstić information content (AvgIpc) is 2.91. The Bertz CT molecular complexity index is 774. The molecule has 1 saturated heterocycles. The molecule has 0 bridgehead atoms. The molecule has 0 aliphatic carbocycles. The molecule has 1 fully saturated rings. The second-order valence-corrected chi connectivity index (χ2v) is 7.18. The highest BCUT2D eigenvalue weighted by Crippen LogP contribution is 2.47. The summed E-state index contributed by atoms with van der Waals surface area (Å²) < 4.78 is 45.9. The van der Waals surface area contributed by atoms with Gasteiger partial charge in [-0.15, -0.1) is 0 Å². The molecule has 0 N–H and O–H groups in total. The molecular weight excluding hydrogens is 327 g/mol. The van der Waals surface area contributed by atoms with E-state index in [1.54, 1.807) is 0 Å². The van der Waals surface area contributed by atoms with Gasteiger partial charge in [-0.25, -0.2) is 0 Å². The van der Waals surface area contributed by atoms with Crippen LogP contribution in [0.15, 0.2) is 48.5 Å². The van der Waals surface area contributed by atoms with E-state index in [-0.39, 0.29) is 12.5 Å². The van der Waals surface area contributed by atoms with E-state index in [0.29, 0.717) is 12.1 Å². The highest BCUT2D eigenvalue weighted by Gasteiger charge is 2.49. The summed E-state index contributed by atoms with van der Waals surface area (Å²) in [4.78, 5) is 2.27. The van der Waals surface area contributed by atoms with Crippen LogP contribution in [-0.2, 0) is 24.1 Å². The molecule has 0 saturated carbocycles. The number of nitrogens with zero attached hydrogens (tertiary/aromatic N) is 1. The summed E-state index contributed by atoms with van der Waals surface area (Å²) in [5, 5.41) is 0. The van der Waals surface area contributed by atoms with Gasteiger partial charge in [-0.2, -0.15) is 13.2 Å². The molecule has 2 aromatic rings. The van der Waals surface area contributed by atoms with Crippen LogP contribution in [0.1, 0.15) is 35.1 Å². The molecule has 2 aromatic carbocycles. The van der Waals surface area contributed by atoms with Gasteiger partial charge in [0.2, 0.25) is 0 Å². The van der Waals surface area contributed by atoms with Crippen molar-refractivity contribution in [3.63, 3.8) is 0 Å². The number of alkyl halides is 3. The zero-order valence-electron chi connectivity index (χ0n) is 14.0. The van der Waals surface area contributed by atoms with Crippen LogP contribution in [0.3, 0.4) is 0 Å². The highest BCUT2D eigenvalue weighted by molar-refractivity contribution is 5.43. The molecular formula is C20H20F3NO. The first-order chi connectivity index (χ1) is 11.9. The molecule has 0 unspecified atom stereocenters. The summed E-state index contributed by atoms with van der Waals surface area (Å²) in [5.41, 5.74) is 1.30. The van der Waals surface area contributed by atoms with E-state index in [2.05, 4.69) is 17.0 Å². The van der Waals surface area contributed by atoms with Crippen molar-refractivity contribution >= 4 is 0 Å². The normalized spacial score (nSPS) is 26.3. The van der Waals surface area contributed by atoms with Crippen molar-refractivity contribution in [3.8, 4) is 0 Å². The third kappa shape index (κ3) is 2.96. The SMILES string of the molecule is C[C@@]12CN(Cc3ccccc3)C[C@H]1c1cccc(C(F)(F)F)c1CO2. The molecule has 0 amide bonds. The van der Waals surface area contributed by atoms with Gasteiger partial charge in [0.05, 0.1) is 17.8 Å². The van der Waals surface area contributed by atoms with E-state index < -0.39 is 17.3 Å². The standard InChI is InChI=1S/C20H20F3NO/c1-19-13-24(10-14-6-3-2-4-7-14)11-18(19)15-8-5-9-17(20(21,22)23)16(15)12-25-19/h2-9,18H,10-13H2,1H3/t18-,19+/m0/s1. The van der Waals surface area contributed by atoms with Gasteiger partial charge in [-0.1, -0.05) is 42.5 Å². The van der Waals surface area contributed by atoms with Gasteiger partial charge in [0.15, 0.2) is 0 Å². The second-order valence-electron chi connectivity index (χ2n) is 7.18. The lowest BCUT2D eigenvalue weighted by molar-refractivity contribution is -0.141. The van der Waals surface area contributed by atoms with E-state index in [1.807, 2.05) is 31.2 Å². The Morgan fingerprint density at radius 3 is 2.60 bits per heavy atom. The molecule has 0 aromatic heterocycles. The number of benzene rings is 2. The predicted octanol–water partition coefficient (Wildman–Crippen LogP) is 4.59. The van der Waals surface area contributed by atoms with E-state index in [4.69, 9.17) is 4.74 Å². The molecule has 2 heterocycles. The van der Waals surface area contributed by atoms with Gasteiger partial charge >= 0.3 is 6.18 Å². The Morgan fingerprint density at radius 1 is 1.12 bits per heavy atom. The van der Waals surface area contributed by atoms with Crippen molar-refractivity contribution in [1.29, 1.82) is 0 Å². The summed E-state index contributed by atoms with van der Waals surface area (Å²) in [6.45, 7) is 4.26. The van der Waals surface area contributed by atoms with Crippen molar-refractivity contribution in [1.82, 2.24) is 4.90 Å². The smallest absolute Gasteiger partial charge is 0.369 e. The van der Waals surface area contributed by atoms with Crippen LogP contribution in [0.2, 0.25) is 0 Å². The molecule has 2 nitrogen and oxygen atoms in total. The van der Waals surface area contributed by atoms with Crippen LogP contribution in [0.25, 0.3) is 0 Å². The van der Waals surface area contributed by atoms with E-state index in [1.165, 1.54) is 11.6 Å². The van der Waals surface area contributed by atoms with E-state index in [0.717, 1.165) is 24.7 Å². The lowest BCUT2D eigenvalue weighted by Gasteiger charge is -2.38. The maximum Gasteiger partial charge on any atom is 0.416 e. The Balaban J connectivity index is 1.64. The highest BCUT2D eigenvalue weighted by atomic mass is 19.4. The van der Waals surface area contributed by atoms with E-state index in [9.17, 15) is 13.2 Å². The fourth-order valence-electron chi connectivity index (χ4n) is 4.20. The molecule has 4 rings (SSSR count). The molecule has 0 spiro atoms. The fourth-order valence-corrected chi connectivity index (χ4v) is 4.20. The van der Waals surface area contributed by atoms with Gasteiger partial charge in [-0.3, -0.25) is 4.90 Å². The molecule has 2 aliphatic heterocycles. The third-order valence-electron chi connectivity index (χ3n) is 5.40. The molecule has 0 radical (unpaired) electrons. The van der Waals surface area contributed by atoms with Crippen LogP contribution >= 0.6 is 0 Å². The lowest BCUT2D eigenvalue weighted by atomic mass is 9.80. The molecule has 2 atom stereocenters. The van der Waals surface area contributed by atoms with Crippen molar-refractivity contribution in [2.75, 3.05) is 13.1 Å². The van der Waals surface area contributed by atoms with Crippen LogP contribution in [0.5, 0.6) is 0 Å². The zero-order valence-corrected chi connectivity index (χ0v) is 14.0. The summed E-state index contributed by atoms with van der Waals surface area (Å²) in [5.74, 6) is -0.0396. The van der Waals surface area contributed by atoms with Crippen molar-refractivity contribution in [3.05, 3.63) is 70.8 Å². The molecule has 132 valence electrons. The number of ether oxygens (including phenoxy) is 1. The maximum absolute atomic E-state index is 13.3. The Kier molecular flexibility index (Phi) is 3.89. The van der Waals surface area contributed by atoms with Crippen molar-refractivity contribution in [2.24, 2.45) is 0 Å². The summed E-state index contributed by atoms with van der Waals surface area (Å²) in [6, 6.07) is 14.6. The van der Waals surface area contributed by atoms with E-state index >= 15 is 0 Å². The number of hydrogen-bond donors (Lipinski definition) is 0. The Hall–Kier alpha value is -1.85. The van der Waals surface area contributed by atoms with Gasteiger partial charge in [0.25, 0.3) is 0 Å². The van der Waals surface area contributed by atoms with Crippen LogP contribution in [-0.4, -0.2) is 23.6 Å². The number of fused-ring (bicyclic) bond motifs is 3. The zero-order chi connectivity index (χ0) is 17.7. The molecule has 5 heteroatoms. The summed E-state index contributed by atoms with van der Waals surface area (Å²) in [7, 11) is 0. The third-order valence-corrected chi connectivity index (χ3v) is 5.40. The van der Waals surface area contributed by atoms with Gasteiger partial charge in [0.1, 0.15) is 0 Å². The minimum Gasteiger partial charge on any atom is -0.369 e. The first-order valence-corrected chi connectivity index (χ1v) is 8.46. The average molecular weight is 347 g/mol. The van der Waals surface area contributed by atoms with Gasteiger partial charge in [-0.05, 0) is 29.7 Å². The van der Waals surface area contributed by atoms with Crippen LogP contribution in [0, 0.1) is 0 Å². The maximum atomic E-state index is 13.3. The summed E-state index contributed by atoms with van der Waals surface area (Å²) >= 11 is 0. The second kappa shape index (κ2) is 5.85. The minimum absolute atomic E-state index is 0.0250. The number of halogens is 3.